The van der Waals surface area contributed by atoms with Crippen molar-refractivity contribution in [2.24, 2.45) is 0 Å². The molecule has 0 saturated heterocycles. The summed E-state index contributed by atoms with van der Waals surface area (Å²) in [5, 5.41) is 0. The van der Waals surface area contributed by atoms with Crippen LogP contribution < -0.4 is 8.92 Å². The molecule has 0 spiro atoms. The number of benzene rings is 2. The van der Waals surface area contributed by atoms with Crippen LogP contribution in [-0.4, -0.2) is 28.0 Å². The van der Waals surface area contributed by atoms with E-state index in [9.17, 15) is 21.6 Å². The Labute approximate surface area is 144 Å². The van der Waals surface area contributed by atoms with E-state index in [4.69, 9.17) is 4.74 Å². The molecule has 0 N–H and O–H groups in total. The summed E-state index contributed by atoms with van der Waals surface area (Å²) in [6.07, 6.45) is -3.71. The van der Waals surface area contributed by atoms with Crippen LogP contribution >= 0.6 is 0 Å². The van der Waals surface area contributed by atoms with Crippen molar-refractivity contribution in [2.45, 2.75) is 18.5 Å². The van der Waals surface area contributed by atoms with E-state index in [1.54, 1.807) is 0 Å². The summed E-state index contributed by atoms with van der Waals surface area (Å²) in [4.78, 5) is 0. The van der Waals surface area contributed by atoms with Gasteiger partial charge in [-0.15, -0.1) is 0 Å². The molecule has 0 amide bonds. The van der Waals surface area contributed by atoms with Gasteiger partial charge >= 0.3 is 16.3 Å². The monoisotopic (exact) mass is 374 g/mol. The van der Waals surface area contributed by atoms with Crippen molar-refractivity contribution >= 4 is 10.1 Å². The smallest absolute Gasteiger partial charge is 0.402 e. The molecule has 1 atom stereocenters. The Balaban J connectivity index is 2.50. The zero-order valence-corrected chi connectivity index (χ0v) is 14.6. The highest BCUT2D eigenvalue weighted by Crippen LogP contribution is 2.46. The topological polar surface area (TPSA) is 52.6 Å². The first kappa shape index (κ1) is 19.1. The van der Waals surface area contributed by atoms with Gasteiger partial charge in [-0.3, -0.25) is 0 Å². The Kier molecular flexibility index (Phi) is 5.04. The second-order valence-corrected chi connectivity index (χ2v) is 7.24. The van der Waals surface area contributed by atoms with Crippen LogP contribution in [0.15, 0.2) is 48.5 Å². The highest BCUT2D eigenvalue weighted by Gasteiger charge is 2.53. The van der Waals surface area contributed by atoms with E-state index in [1.807, 2.05) is 0 Å². The molecule has 136 valence electrons. The van der Waals surface area contributed by atoms with Gasteiger partial charge in [0.1, 0.15) is 16.9 Å². The molecule has 4 nitrogen and oxygen atoms in total. The average molecular weight is 374 g/mol. The third-order valence-electron chi connectivity index (χ3n) is 3.91. The van der Waals surface area contributed by atoms with Crippen LogP contribution in [0.4, 0.5) is 13.2 Å². The van der Waals surface area contributed by atoms with Crippen molar-refractivity contribution < 1.29 is 30.5 Å². The van der Waals surface area contributed by atoms with Gasteiger partial charge in [-0.05, 0) is 42.3 Å². The van der Waals surface area contributed by atoms with Crippen LogP contribution in [0.1, 0.15) is 18.1 Å². The van der Waals surface area contributed by atoms with Crippen molar-refractivity contribution in [1.82, 2.24) is 0 Å². The predicted octanol–water partition coefficient (Wildman–Crippen LogP) is 3.90. The summed E-state index contributed by atoms with van der Waals surface area (Å²) in [5.41, 5.74) is -2.27. The van der Waals surface area contributed by atoms with Crippen LogP contribution in [0.3, 0.4) is 0 Å². The first-order chi connectivity index (χ1) is 11.5. The molecule has 0 fully saturated rings. The number of ether oxygens (including phenoxy) is 1. The molecule has 2 aromatic rings. The maximum atomic E-state index is 13.9. The van der Waals surface area contributed by atoms with E-state index in [-0.39, 0.29) is 16.9 Å². The zero-order chi connectivity index (χ0) is 18.9. The van der Waals surface area contributed by atoms with Crippen molar-refractivity contribution in [3.8, 4) is 11.5 Å². The van der Waals surface area contributed by atoms with Crippen LogP contribution in [0.25, 0.3) is 0 Å². The van der Waals surface area contributed by atoms with Crippen molar-refractivity contribution in [3.05, 3.63) is 59.7 Å². The van der Waals surface area contributed by atoms with Crippen molar-refractivity contribution in [2.75, 3.05) is 13.4 Å². The maximum absolute atomic E-state index is 13.9. The molecule has 1 unspecified atom stereocenters. The van der Waals surface area contributed by atoms with E-state index in [2.05, 4.69) is 4.18 Å². The zero-order valence-electron chi connectivity index (χ0n) is 13.8. The molecule has 2 rings (SSSR count). The Morgan fingerprint density at radius 1 is 0.840 bits per heavy atom. The van der Waals surface area contributed by atoms with Gasteiger partial charge in [0.05, 0.1) is 13.4 Å². The normalized spacial score (nSPS) is 14.6. The minimum atomic E-state index is -4.57. The lowest BCUT2D eigenvalue weighted by Gasteiger charge is -2.33. The number of methoxy groups -OCH3 is 1. The Morgan fingerprint density at radius 2 is 1.24 bits per heavy atom. The van der Waals surface area contributed by atoms with E-state index >= 15 is 0 Å². The fourth-order valence-electron chi connectivity index (χ4n) is 2.44. The van der Waals surface area contributed by atoms with Crippen LogP contribution in [0.2, 0.25) is 0 Å². The van der Waals surface area contributed by atoms with Gasteiger partial charge in [-0.25, -0.2) is 0 Å². The number of hydrogen-bond donors (Lipinski definition) is 0. The summed E-state index contributed by atoms with van der Waals surface area (Å²) < 4.78 is 73.5. The van der Waals surface area contributed by atoms with Crippen LogP contribution in [0.5, 0.6) is 11.5 Å². The molecule has 8 heteroatoms. The van der Waals surface area contributed by atoms with Crippen LogP contribution in [0, 0.1) is 0 Å². The number of halogens is 3. The second-order valence-electron chi connectivity index (χ2n) is 5.66. The van der Waals surface area contributed by atoms with Gasteiger partial charge in [0.2, 0.25) is 0 Å². The lowest BCUT2D eigenvalue weighted by atomic mass is 9.75. The summed E-state index contributed by atoms with van der Waals surface area (Å²) in [6.45, 7) is 1.07. The largest absolute Gasteiger partial charge is 0.497 e. The first-order valence-corrected chi connectivity index (χ1v) is 9.00. The Bertz CT molecular complexity index is 828. The molecular weight excluding hydrogens is 357 g/mol. The molecule has 0 bridgehead atoms. The molecule has 0 aliphatic carbocycles. The fourth-order valence-corrected chi connectivity index (χ4v) is 2.90. The number of hydrogen-bond acceptors (Lipinski definition) is 4. The van der Waals surface area contributed by atoms with Gasteiger partial charge in [0.15, 0.2) is 0 Å². The third-order valence-corrected chi connectivity index (χ3v) is 4.41. The van der Waals surface area contributed by atoms with Gasteiger partial charge in [-0.1, -0.05) is 24.3 Å². The Hall–Kier alpha value is -2.22. The lowest BCUT2D eigenvalue weighted by molar-refractivity contribution is -0.173. The third kappa shape index (κ3) is 4.07. The molecule has 0 saturated carbocycles. The van der Waals surface area contributed by atoms with Gasteiger partial charge in [-0.2, -0.15) is 21.6 Å². The molecule has 2 aromatic carbocycles. The quantitative estimate of drug-likeness (QED) is 0.745. The molecule has 0 radical (unpaired) electrons. The molecule has 0 heterocycles. The fraction of sp³-hybridized carbons (Fsp3) is 0.294. The summed E-state index contributed by atoms with van der Waals surface area (Å²) >= 11 is 0. The molecule has 25 heavy (non-hydrogen) atoms. The number of rotatable bonds is 5. The van der Waals surface area contributed by atoms with Gasteiger partial charge in [0.25, 0.3) is 0 Å². The van der Waals surface area contributed by atoms with Crippen molar-refractivity contribution in [1.29, 1.82) is 0 Å². The highest BCUT2D eigenvalue weighted by molar-refractivity contribution is 7.86. The predicted molar refractivity (Wildman–Crippen MR) is 87.4 cm³/mol. The van der Waals surface area contributed by atoms with Gasteiger partial charge in [0, 0.05) is 0 Å². The molecule has 0 aliphatic heterocycles. The Morgan fingerprint density at radius 3 is 1.56 bits per heavy atom. The van der Waals surface area contributed by atoms with E-state index in [0.717, 1.165) is 13.2 Å². The van der Waals surface area contributed by atoms with Crippen molar-refractivity contribution in [3.63, 3.8) is 0 Å². The minimum Gasteiger partial charge on any atom is -0.497 e. The SMILES string of the molecule is COc1ccc(C(C)(c2ccc(OS(C)(=O)=O)cc2)C(F)(F)F)cc1. The van der Waals surface area contributed by atoms with E-state index < -0.39 is 21.7 Å². The summed E-state index contributed by atoms with van der Waals surface area (Å²) in [7, 11) is -2.32. The highest BCUT2D eigenvalue weighted by atomic mass is 32.2. The average Bonchev–Trinajstić information content (AvgIpc) is 2.52. The van der Waals surface area contributed by atoms with Crippen LogP contribution in [-0.2, 0) is 15.5 Å². The maximum Gasteiger partial charge on any atom is 0.402 e. The van der Waals surface area contributed by atoms with E-state index in [0.29, 0.717) is 5.75 Å². The molecular formula is C17H17F3O4S. The second kappa shape index (κ2) is 6.59. The van der Waals surface area contributed by atoms with Gasteiger partial charge < -0.3 is 8.92 Å². The summed E-state index contributed by atoms with van der Waals surface area (Å²) in [6, 6.07) is 10.4. The summed E-state index contributed by atoms with van der Waals surface area (Å²) in [5.74, 6) is 0.399. The standard InChI is InChI=1S/C17H17F3O4S/c1-16(17(18,19)20,12-4-8-14(23-2)9-5-12)13-6-10-15(11-7-13)24-25(3,21)22/h4-11H,1-3H3. The molecule has 0 aliphatic rings. The number of alkyl halides is 3. The van der Waals surface area contributed by atoms with E-state index in [1.165, 1.54) is 55.6 Å². The first-order valence-electron chi connectivity index (χ1n) is 7.18. The molecule has 0 aromatic heterocycles. The lowest BCUT2D eigenvalue weighted by Crippen LogP contribution is -2.40. The minimum absolute atomic E-state index is 0.0361.